The minimum atomic E-state index is -1.01. The van der Waals surface area contributed by atoms with Crippen molar-refractivity contribution in [3.63, 3.8) is 0 Å². The van der Waals surface area contributed by atoms with Gasteiger partial charge in [0, 0.05) is 17.8 Å². The number of pyridine rings is 1. The van der Waals surface area contributed by atoms with E-state index in [2.05, 4.69) is 4.98 Å². The molecule has 0 saturated carbocycles. The van der Waals surface area contributed by atoms with Crippen molar-refractivity contribution in [2.45, 2.75) is 0 Å². The lowest BCUT2D eigenvalue weighted by molar-refractivity contribution is 0.197. The quantitative estimate of drug-likeness (QED) is 0.639. The zero-order valence-electron chi connectivity index (χ0n) is 6.14. The van der Waals surface area contributed by atoms with Gasteiger partial charge in [-0.3, -0.25) is 0 Å². The molecule has 0 atom stereocenters. The van der Waals surface area contributed by atoms with Crippen molar-refractivity contribution in [3.05, 3.63) is 30.6 Å². The van der Waals surface area contributed by atoms with E-state index in [4.69, 9.17) is 5.11 Å². The van der Waals surface area contributed by atoms with Crippen LogP contribution < -0.4 is 0 Å². The second-order valence-corrected chi connectivity index (χ2v) is 2.38. The lowest BCUT2D eigenvalue weighted by atomic mass is 10.3. The third-order valence-electron chi connectivity index (χ3n) is 1.65. The molecule has 0 spiro atoms. The van der Waals surface area contributed by atoms with Crippen molar-refractivity contribution >= 4 is 17.1 Å². The summed E-state index contributed by atoms with van der Waals surface area (Å²) < 4.78 is 1.09. The Balaban J connectivity index is 2.79. The van der Waals surface area contributed by atoms with E-state index in [0.29, 0.717) is 5.65 Å². The third kappa shape index (κ3) is 0.852. The fourth-order valence-electron chi connectivity index (χ4n) is 1.12. The summed E-state index contributed by atoms with van der Waals surface area (Å²) in [5.74, 6) is 0. The van der Waals surface area contributed by atoms with Crippen LogP contribution in [0.3, 0.4) is 0 Å². The topological polar surface area (TPSA) is 55.1 Å². The lowest BCUT2D eigenvalue weighted by Crippen LogP contribution is -2.06. The first-order valence-corrected chi connectivity index (χ1v) is 3.44. The van der Waals surface area contributed by atoms with Crippen LogP contribution >= 0.6 is 0 Å². The van der Waals surface area contributed by atoms with Gasteiger partial charge in [0.15, 0.2) is 0 Å². The second kappa shape index (κ2) is 2.34. The van der Waals surface area contributed by atoms with E-state index in [9.17, 15) is 4.79 Å². The maximum Gasteiger partial charge on any atom is 0.417 e. The molecule has 60 valence electrons. The molecule has 0 radical (unpaired) electrons. The minimum absolute atomic E-state index is 0.477. The lowest BCUT2D eigenvalue weighted by Gasteiger charge is -1.94. The van der Waals surface area contributed by atoms with E-state index < -0.39 is 6.09 Å². The van der Waals surface area contributed by atoms with Gasteiger partial charge in [-0.1, -0.05) is 0 Å². The molecule has 2 aromatic rings. The van der Waals surface area contributed by atoms with Gasteiger partial charge in [-0.2, -0.15) is 0 Å². The van der Waals surface area contributed by atoms with Crippen LogP contribution in [0.2, 0.25) is 0 Å². The molecular weight excluding hydrogens is 156 g/mol. The molecule has 0 unspecified atom stereocenters. The third-order valence-corrected chi connectivity index (χ3v) is 1.65. The minimum Gasteiger partial charge on any atom is -0.464 e. The van der Waals surface area contributed by atoms with Gasteiger partial charge in [0.05, 0.1) is 0 Å². The van der Waals surface area contributed by atoms with Crippen LogP contribution in [-0.2, 0) is 0 Å². The standard InChI is InChI=1S/C8H6N2O2/c11-8(12)10-5-3-6-2-1-4-9-7(6)10/h1-5H,(H,11,12). The maximum atomic E-state index is 10.6. The Hall–Kier alpha value is -1.84. The molecule has 0 saturated heterocycles. The van der Waals surface area contributed by atoms with Crippen LogP contribution in [-0.4, -0.2) is 20.8 Å². The first-order chi connectivity index (χ1) is 5.79. The van der Waals surface area contributed by atoms with Crippen molar-refractivity contribution in [2.24, 2.45) is 0 Å². The van der Waals surface area contributed by atoms with Crippen LogP contribution in [0, 0.1) is 0 Å². The van der Waals surface area contributed by atoms with Crippen molar-refractivity contribution in [2.75, 3.05) is 0 Å². The molecule has 0 bridgehead atoms. The molecule has 2 aromatic heterocycles. The average Bonchev–Trinajstić information content (AvgIpc) is 2.47. The van der Waals surface area contributed by atoms with Gasteiger partial charge in [0.1, 0.15) is 5.65 Å². The molecule has 2 rings (SSSR count). The summed E-state index contributed by atoms with van der Waals surface area (Å²) in [5, 5.41) is 9.53. The number of carbonyl (C=O) groups is 1. The van der Waals surface area contributed by atoms with E-state index >= 15 is 0 Å². The smallest absolute Gasteiger partial charge is 0.417 e. The number of hydrogen-bond donors (Lipinski definition) is 1. The molecule has 1 N–H and O–H groups in total. The number of aromatic nitrogens is 2. The van der Waals surface area contributed by atoms with E-state index in [1.165, 1.54) is 6.20 Å². The average molecular weight is 162 g/mol. The zero-order valence-corrected chi connectivity index (χ0v) is 6.14. The molecule has 0 amide bonds. The normalized spacial score (nSPS) is 10.3. The Morgan fingerprint density at radius 2 is 2.33 bits per heavy atom. The van der Waals surface area contributed by atoms with E-state index in [-0.39, 0.29) is 0 Å². The Labute approximate surface area is 68.1 Å². The Morgan fingerprint density at radius 3 is 3.08 bits per heavy atom. The van der Waals surface area contributed by atoms with Gasteiger partial charge >= 0.3 is 6.09 Å². The first-order valence-electron chi connectivity index (χ1n) is 3.44. The number of hydrogen-bond acceptors (Lipinski definition) is 2. The number of nitrogens with zero attached hydrogens (tertiary/aromatic N) is 2. The Kier molecular flexibility index (Phi) is 1.33. The van der Waals surface area contributed by atoms with Gasteiger partial charge in [-0.05, 0) is 18.2 Å². The maximum absolute atomic E-state index is 10.6. The fourth-order valence-corrected chi connectivity index (χ4v) is 1.12. The van der Waals surface area contributed by atoms with Crippen LogP contribution in [0.1, 0.15) is 0 Å². The largest absolute Gasteiger partial charge is 0.464 e. The van der Waals surface area contributed by atoms with Gasteiger partial charge in [-0.25, -0.2) is 14.3 Å². The monoisotopic (exact) mass is 162 g/mol. The second-order valence-electron chi connectivity index (χ2n) is 2.38. The van der Waals surface area contributed by atoms with Crippen molar-refractivity contribution in [1.29, 1.82) is 0 Å². The van der Waals surface area contributed by atoms with Crippen molar-refractivity contribution < 1.29 is 9.90 Å². The highest BCUT2D eigenvalue weighted by Crippen LogP contribution is 2.11. The highest BCUT2D eigenvalue weighted by atomic mass is 16.4. The number of carboxylic acid groups (broad SMARTS) is 1. The molecule has 4 heteroatoms. The summed E-state index contributed by atoms with van der Waals surface area (Å²) in [6.45, 7) is 0. The van der Waals surface area contributed by atoms with Gasteiger partial charge < -0.3 is 5.11 Å². The summed E-state index contributed by atoms with van der Waals surface area (Å²) in [4.78, 5) is 14.5. The SMILES string of the molecule is O=C(O)n1ccc2cccnc21. The van der Waals surface area contributed by atoms with Crippen molar-refractivity contribution in [3.8, 4) is 0 Å². The van der Waals surface area contributed by atoms with Gasteiger partial charge in [0.25, 0.3) is 0 Å². The van der Waals surface area contributed by atoms with Crippen LogP contribution in [0.25, 0.3) is 11.0 Å². The predicted molar refractivity (Wildman–Crippen MR) is 43.2 cm³/mol. The van der Waals surface area contributed by atoms with Crippen LogP contribution in [0.5, 0.6) is 0 Å². The summed E-state index contributed by atoms with van der Waals surface area (Å²) in [6, 6.07) is 5.31. The van der Waals surface area contributed by atoms with E-state index in [1.807, 2.05) is 6.07 Å². The molecule has 0 aromatic carbocycles. The molecule has 0 aliphatic carbocycles. The predicted octanol–water partition coefficient (Wildman–Crippen LogP) is 1.56. The van der Waals surface area contributed by atoms with Crippen molar-refractivity contribution in [1.82, 2.24) is 9.55 Å². The Bertz CT molecular complexity index is 433. The summed E-state index contributed by atoms with van der Waals surface area (Å²) in [5.41, 5.74) is 0.477. The summed E-state index contributed by atoms with van der Waals surface area (Å²) in [7, 11) is 0. The highest BCUT2D eigenvalue weighted by molar-refractivity contribution is 5.85. The molecule has 12 heavy (non-hydrogen) atoms. The van der Waals surface area contributed by atoms with Crippen LogP contribution in [0.15, 0.2) is 30.6 Å². The molecular formula is C8H6N2O2. The molecule has 0 aliphatic heterocycles. The van der Waals surface area contributed by atoms with Gasteiger partial charge in [-0.15, -0.1) is 0 Å². The zero-order chi connectivity index (χ0) is 8.55. The highest BCUT2D eigenvalue weighted by Gasteiger charge is 2.05. The van der Waals surface area contributed by atoms with Crippen LogP contribution in [0.4, 0.5) is 4.79 Å². The number of fused-ring (bicyclic) bond motifs is 1. The first kappa shape index (κ1) is 6.84. The summed E-state index contributed by atoms with van der Waals surface area (Å²) >= 11 is 0. The molecule has 2 heterocycles. The number of rotatable bonds is 0. The molecule has 0 aliphatic rings. The molecule has 4 nitrogen and oxygen atoms in total. The Morgan fingerprint density at radius 1 is 1.50 bits per heavy atom. The molecule has 0 fully saturated rings. The summed E-state index contributed by atoms with van der Waals surface area (Å²) in [6.07, 6.45) is 2.05. The van der Waals surface area contributed by atoms with E-state index in [1.54, 1.807) is 18.3 Å². The van der Waals surface area contributed by atoms with E-state index in [0.717, 1.165) is 9.95 Å². The van der Waals surface area contributed by atoms with Gasteiger partial charge in [0.2, 0.25) is 0 Å². The fraction of sp³-hybridized carbons (Fsp3) is 0.